The number of ether oxygens (including phenoxy) is 1. The normalized spacial score (nSPS) is 34.2. The van der Waals surface area contributed by atoms with E-state index in [0.717, 1.165) is 26.1 Å². The molecule has 1 aromatic rings. The predicted octanol–water partition coefficient (Wildman–Crippen LogP) is 3.12. The van der Waals surface area contributed by atoms with Gasteiger partial charge in [0.25, 0.3) is 0 Å². The minimum Gasteiger partial charge on any atom is -0.384 e. The van der Waals surface area contributed by atoms with Crippen LogP contribution in [0.4, 0.5) is 0 Å². The molecule has 1 aliphatic heterocycles. The van der Waals surface area contributed by atoms with Gasteiger partial charge in [0, 0.05) is 12.5 Å². The lowest BCUT2D eigenvalue weighted by atomic mass is 9.86. The summed E-state index contributed by atoms with van der Waals surface area (Å²) in [4.78, 5) is 0. The molecule has 0 bridgehead atoms. The molecular weight excluding hydrogens is 269 g/mol. The molecule has 2 nitrogen and oxygen atoms in total. The maximum Gasteiger partial charge on any atom is 0.0595 e. The van der Waals surface area contributed by atoms with Crippen molar-refractivity contribution in [2.24, 2.45) is 11.8 Å². The van der Waals surface area contributed by atoms with E-state index in [0.29, 0.717) is 21.9 Å². The minimum absolute atomic E-state index is 0.259. The van der Waals surface area contributed by atoms with Crippen molar-refractivity contribution in [2.45, 2.75) is 11.8 Å². The van der Waals surface area contributed by atoms with E-state index in [1.165, 1.54) is 5.56 Å². The highest BCUT2D eigenvalue weighted by Gasteiger charge is 2.65. The summed E-state index contributed by atoms with van der Waals surface area (Å²) in [7, 11) is 1.78. The standard InChI is InChI=1S/C14H17Cl2NO/c1-18-8-11-10-7-17-5-4-14(10,11)9-2-3-12(15)13(16)6-9/h2-3,6,10-11,17H,4-5,7-8H2,1H3/t10-,11-,14+/m0/s1. The van der Waals surface area contributed by atoms with E-state index in [4.69, 9.17) is 27.9 Å². The molecule has 0 unspecified atom stereocenters. The maximum absolute atomic E-state index is 6.16. The fourth-order valence-electron chi connectivity index (χ4n) is 3.66. The van der Waals surface area contributed by atoms with Crippen LogP contribution in [0, 0.1) is 11.8 Å². The van der Waals surface area contributed by atoms with Crippen LogP contribution in [0.5, 0.6) is 0 Å². The van der Waals surface area contributed by atoms with Crippen LogP contribution < -0.4 is 5.32 Å². The van der Waals surface area contributed by atoms with Gasteiger partial charge < -0.3 is 10.1 Å². The van der Waals surface area contributed by atoms with Crippen LogP contribution in [0.15, 0.2) is 18.2 Å². The highest BCUT2D eigenvalue weighted by atomic mass is 35.5. The molecule has 2 fully saturated rings. The molecule has 0 radical (unpaired) electrons. The van der Waals surface area contributed by atoms with E-state index in [2.05, 4.69) is 11.4 Å². The number of fused-ring (bicyclic) bond motifs is 1. The zero-order valence-corrected chi connectivity index (χ0v) is 11.9. The minimum atomic E-state index is 0.259. The first-order valence-corrected chi connectivity index (χ1v) is 7.11. The van der Waals surface area contributed by atoms with E-state index in [-0.39, 0.29) is 5.41 Å². The average Bonchev–Trinajstić information content (AvgIpc) is 3.03. The molecular formula is C14H17Cl2NO. The first-order chi connectivity index (χ1) is 8.70. The molecule has 0 aromatic heterocycles. The second kappa shape index (κ2) is 4.68. The molecule has 4 heteroatoms. The highest BCUT2D eigenvalue weighted by Crippen LogP contribution is 2.63. The average molecular weight is 286 g/mol. The van der Waals surface area contributed by atoms with Crippen LogP contribution in [-0.2, 0) is 10.2 Å². The van der Waals surface area contributed by atoms with E-state index in [9.17, 15) is 0 Å². The molecule has 98 valence electrons. The van der Waals surface area contributed by atoms with Gasteiger partial charge in [-0.2, -0.15) is 0 Å². The first-order valence-electron chi connectivity index (χ1n) is 6.35. The third-order valence-corrected chi connectivity index (χ3v) is 5.32. The first kappa shape index (κ1) is 12.7. The van der Waals surface area contributed by atoms with Gasteiger partial charge >= 0.3 is 0 Å². The van der Waals surface area contributed by atoms with E-state index in [1.807, 2.05) is 12.1 Å². The quantitative estimate of drug-likeness (QED) is 0.921. The fraction of sp³-hybridized carbons (Fsp3) is 0.571. The van der Waals surface area contributed by atoms with Gasteiger partial charge in [0.1, 0.15) is 0 Å². The summed E-state index contributed by atoms with van der Waals surface area (Å²) in [6.45, 7) is 2.97. The highest BCUT2D eigenvalue weighted by molar-refractivity contribution is 6.42. The van der Waals surface area contributed by atoms with Gasteiger partial charge in [-0.15, -0.1) is 0 Å². The number of benzene rings is 1. The molecule has 1 saturated heterocycles. The van der Waals surface area contributed by atoms with Crippen molar-refractivity contribution in [1.29, 1.82) is 0 Å². The lowest BCUT2D eigenvalue weighted by molar-refractivity contribution is 0.175. The lowest BCUT2D eigenvalue weighted by Gasteiger charge is -2.24. The Balaban J connectivity index is 1.95. The van der Waals surface area contributed by atoms with Gasteiger partial charge in [0.15, 0.2) is 0 Å². The monoisotopic (exact) mass is 285 g/mol. The van der Waals surface area contributed by atoms with Crippen molar-refractivity contribution < 1.29 is 4.74 Å². The molecule has 0 spiro atoms. The van der Waals surface area contributed by atoms with E-state index < -0.39 is 0 Å². The third-order valence-electron chi connectivity index (χ3n) is 4.58. The van der Waals surface area contributed by atoms with Crippen molar-refractivity contribution in [3.05, 3.63) is 33.8 Å². The van der Waals surface area contributed by atoms with Crippen molar-refractivity contribution in [1.82, 2.24) is 5.32 Å². The Labute approximate surface area is 118 Å². The van der Waals surface area contributed by atoms with Crippen LogP contribution in [0.2, 0.25) is 10.0 Å². The molecule has 2 aliphatic rings. The van der Waals surface area contributed by atoms with Crippen LogP contribution in [0.25, 0.3) is 0 Å². The van der Waals surface area contributed by atoms with Gasteiger partial charge in [-0.3, -0.25) is 0 Å². The van der Waals surface area contributed by atoms with Gasteiger partial charge in [0.2, 0.25) is 0 Å². The Bertz CT molecular complexity index is 465. The fourth-order valence-corrected chi connectivity index (χ4v) is 3.95. The predicted molar refractivity (Wildman–Crippen MR) is 74.5 cm³/mol. The maximum atomic E-state index is 6.16. The van der Waals surface area contributed by atoms with Crippen LogP contribution >= 0.6 is 23.2 Å². The number of piperidine rings is 1. The largest absolute Gasteiger partial charge is 0.384 e. The van der Waals surface area contributed by atoms with Gasteiger partial charge in [-0.05, 0) is 49.0 Å². The summed E-state index contributed by atoms with van der Waals surface area (Å²) in [5, 5.41) is 4.76. The Morgan fingerprint density at radius 3 is 2.94 bits per heavy atom. The Morgan fingerprint density at radius 1 is 1.39 bits per heavy atom. The molecule has 0 amide bonds. The number of nitrogens with one attached hydrogen (secondary N) is 1. The molecule has 3 atom stereocenters. The zero-order chi connectivity index (χ0) is 12.8. The smallest absolute Gasteiger partial charge is 0.0595 e. The van der Waals surface area contributed by atoms with E-state index >= 15 is 0 Å². The number of hydrogen-bond acceptors (Lipinski definition) is 2. The molecule has 18 heavy (non-hydrogen) atoms. The summed E-state index contributed by atoms with van der Waals surface area (Å²) < 4.78 is 5.37. The van der Waals surface area contributed by atoms with Gasteiger partial charge in [-0.25, -0.2) is 0 Å². The Kier molecular flexibility index (Phi) is 3.31. The van der Waals surface area contributed by atoms with Crippen LogP contribution in [0.1, 0.15) is 12.0 Å². The molecule has 1 N–H and O–H groups in total. The van der Waals surface area contributed by atoms with Crippen LogP contribution in [0.3, 0.4) is 0 Å². The van der Waals surface area contributed by atoms with E-state index in [1.54, 1.807) is 7.11 Å². The number of halogens is 2. The van der Waals surface area contributed by atoms with Crippen molar-refractivity contribution >= 4 is 23.2 Å². The third kappa shape index (κ3) is 1.78. The second-order valence-electron chi connectivity index (χ2n) is 5.29. The Hall–Kier alpha value is -0.280. The number of rotatable bonds is 3. The second-order valence-corrected chi connectivity index (χ2v) is 6.11. The van der Waals surface area contributed by atoms with Gasteiger partial charge in [0.05, 0.1) is 16.7 Å². The van der Waals surface area contributed by atoms with Gasteiger partial charge in [-0.1, -0.05) is 29.3 Å². The summed E-state index contributed by atoms with van der Waals surface area (Å²) in [6.07, 6.45) is 1.16. The molecule has 1 aliphatic carbocycles. The van der Waals surface area contributed by atoms with Crippen molar-refractivity contribution in [2.75, 3.05) is 26.8 Å². The van der Waals surface area contributed by atoms with Crippen molar-refractivity contribution in [3.8, 4) is 0 Å². The summed E-state index contributed by atoms with van der Waals surface area (Å²) in [5.74, 6) is 1.28. The number of methoxy groups -OCH3 is 1. The molecule has 1 aromatic carbocycles. The topological polar surface area (TPSA) is 21.3 Å². The SMILES string of the molecule is COC[C@H]1[C@@H]2CNCC[C@@]21c1ccc(Cl)c(Cl)c1. The summed E-state index contributed by atoms with van der Waals surface area (Å²) >= 11 is 12.2. The van der Waals surface area contributed by atoms with Crippen LogP contribution in [-0.4, -0.2) is 26.8 Å². The number of hydrogen-bond donors (Lipinski definition) is 1. The zero-order valence-electron chi connectivity index (χ0n) is 10.4. The summed E-state index contributed by atoms with van der Waals surface area (Å²) in [5.41, 5.74) is 1.58. The van der Waals surface area contributed by atoms with Crippen molar-refractivity contribution in [3.63, 3.8) is 0 Å². The molecule has 3 rings (SSSR count). The Morgan fingerprint density at radius 2 is 2.22 bits per heavy atom. The summed E-state index contributed by atoms with van der Waals surface area (Å²) in [6, 6.07) is 6.08. The molecule has 1 heterocycles. The lowest BCUT2D eigenvalue weighted by Crippen LogP contribution is -2.31. The molecule has 1 saturated carbocycles.